The molecule has 0 fully saturated rings. The van der Waals surface area contributed by atoms with E-state index >= 15 is 0 Å². The van der Waals surface area contributed by atoms with Crippen LogP contribution in [-0.2, 0) is 4.74 Å². The molecule has 2 unspecified atom stereocenters. The summed E-state index contributed by atoms with van der Waals surface area (Å²) in [5.41, 5.74) is 0.567. The monoisotopic (exact) mass is 244 g/mol. The summed E-state index contributed by atoms with van der Waals surface area (Å²) in [6.45, 7) is 4.27. The zero-order valence-electron chi connectivity index (χ0n) is 10.7. The lowest BCUT2D eigenvalue weighted by Crippen LogP contribution is -2.26. The third-order valence-electron chi connectivity index (χ3n) is 2.97. The highest BCUT2D eigenvalue weighted by molar-refractivity contribution is 5.29. The number of hydrogen-bond acceptors (Lipinski definition) is 1. The zero-order valence-corrected chi connectivity index (χ0v) is 10.7. The van der Waals surface area contributed by atoms with Crippen molar-refractivity contribution in [3.63, 3.8) is 0 Å². The average molecular weight is 244 g/mol. The third-order valence-corrected chi connectivity index (χ3v) is 2.97. The molecule has 1 rings (SSSR count). The lowest BCUT2D eigenvalue weighted by Gasteiger charge is -2.22. The highest BCUT2D eigenvalue weighted by Gasteiger charge is 2.31. The van der Waals surface area contributed by atoms with Gasteiger partial charge in [-0.25, -0.2) is 8.78 Å². The van der Waals surface area contributed by atoms with Gasteiger partial charge in [-0.15, -0.1) is 0 Å². The topological polar surface area (TPSA) is 9.23 Å². The maximum absolute atomic E-state index is 13.8. The van der Waals surface area contributed by atoms with Crippen LogP contribution in [0.4, 0.5) is 8.78 Å². The second-order valence-corrected chi connectivity index (χ2v) is 4.36. The second-order valence-electron chi connectivity index (χ2n) is 4.36. The van der Waals surface area contributed by atoms with E-state index in [9.17, 15) is 8.78 Å². The first-order chi connectivity index (χ1) is 8.20. The molecule has 1 aliphatic rings. The van der Waals surface area contributed by atoms with Crippen LogP contribution in [0.5, 0.6) is 0 Å². The lowest BCUT2D eigenvalue weighted by molar-refractivity contribution is 0.118. The van der Waals surface area contributed by atoms with Gasteiger partial charge >= 0.3 is 0 Å². The molecule has 2 atom stereocenters. The minimum absolute atomic E-state index is 0.123. The molecule has 0 saturated carbocycles. The number of allylic oxidation sites excluding steroid dienone is 4. The van der Waals surface area contributed by atoms with Gasteiger partial charge in [0, 0.05) is 0 Å². The highest BCUT2D eigenvalue weighted by Crippen LogP contribution is 2.29. The second kappa shape index (κ2) is 7.46. The minimum Gasteiger partial charge on any atom is -0.495 e. The Kier molecular flexibility index (Phi) is 6.23. The molecule has 0 heterocycles. The average Bonchev–Trinajstić information content (AvgIpc) is 2.33. The molecule has 0 aliphatic heterocycles. The number of unbranched alkanes of at least 4 members (excludes halogenated alkanes) is 3. The number of ether oxygens (including phenoxy) is 1. The fourth-order valence-electron chi connectivity index (χ4n) is 1.98. The van der Waals surface area contributed by atoms with Gasteiger partial charge in [0.15, 0.2) is 12.3 Å². The van der Waals surface area contributed by atoms with Crippen LogP contribution >= 0.6 is 0 Å². The lowest BCUT2D eigenvalue weighted by atomic mass is 9.95. The Morgan fingerprint density at radius 3 is 2.47 bits per heavy atom. The molecule has 1 nitrogen and oxygen atoms in total. The summed E-state index contributed by atoms with van der Waals surface area (Å²) in [5.74, 6) is 0.123. The van der Waals surface area contributed by atoms with Crippen LogP contribution in [0, 0.1) is 0 Å². The van der Waals surface area contributed by atoms with Crippen molar-refractivity contribution in [1.29, 1.82) is 0 Å². The zero-order chi connectivity index (χ0) is 12.7. The van der Waals surface area contributed by atoms with Crippen molar-refractivity contribution >= 4 is 0 Å². The van der Waals surface area contributed by atoms with E-state index < -0.39 is 12.3 Å². The minimum atomic E-state index is -1.62. The Morgan fingerprint density at radius 2 is 1.82 bits per heavy atom. The van der Waals surface area contributed by atoms with E-state index in [-0.39, 0.29) is 5.76 Å². The summed E-state index contributed by atoms with van der Waals surface area (Å²) in [7, 11) is 0. The Labute approximate surface area is 103 Å². The van der Waals surface area contributed by atoms with Gasteiger partial charge in [0.1, 0.15) is 5.76 Å². The van der Waals surface area contributed by atoms with Crippen molar-refractivity contribution in [2.24, 2.45) is 0 Å². The molecule has 3 heteroatoms. The van der Waals surface area contributed by atoms with Crippen molar-refractivity contribution < 1.29 is 13.5 Å². The molecular formula is C14H22F2O. The predicted octanol–water partition coefficient (Wildman–Crippen LogP) is 4.49. The van der Waals surface area contributed by atoms with Crippen LogP contribution in [-0.4, -0.2) is 19.0 Å². The number of halogens is 2. The van der Waals surface area contributed by atoms with Crippen LogP contribution in [0.15, 0.2) is 23.5 Å². The standard InChI is InChI=1S/C14H22F2O/c1-3-5-6-7-8-11-9-10-12(17-4-2)14(16)13(11)15/h9-10,13-14H,3-8H2,1-2H3. The summed E-state index contributed by atoms with van der Waals surface area (Å²) in [4.78, 5) is 0. The van der Waals surface area contributed by atoms with Gasteiger partial charge in [-0.3, -0.25) is 0 Å². The van der Waals surface area contributed by atoms with E-state index in [1.165, 1.54) is 0 Å². The predicted molar refractivity (Wildman–Crippen MR) is 66.3 cm³/mol. The number of alkyl halides is 2. The van der Waals surface area contributed by atoms with E-state index in [1.807, 2.05) is 0 Å². The molecule has 0 N–H and O–H groups in total. The van der Waals surface area contributed by atoms with Crippen molar-refractivity contribution in [3.8, 4) is 0 Å². The van der Waals surface area contributed by atoms with E-state index in [0.717, 1.165) is 25.7 Å². The quantitative estimate of drug-likeness (QED) is 0.599. The van der Waals surface area contributed by atoms with E-state index in [2.05, 4.69) is 6.92 Å². The van der Waals surface area contributed by atoms with Gasteiger partial charge in [0.25, 0.3) is 0 Å². The molecule has 0 aromatic carbocycles. The molecule has 0 radical (unpaired) electrons. The van der Waals surface area contributed by atoms with Crippen LogP contribution in [0.2, 0.25) is 0 Å². The van der Waals surface area contributed by atoms with Crippen LogP contribution in [0.1, 0.15) is 46.0 Å². The van der Waals surface area contributed by atoms with Crippen molar-refractivity contribution in [1.82, 2.24) is 0 Å². The molecule has 0 amide bonds. The molecule has 0 saturated heterocycles. The molecule has 0 aromatic heterocycles. The molecule has 0 aromatic rings. The Bertz CT molecular complexity index is 284. The van der Waals surface area contributed by atoms with E-state index in [1.54, 1.807) is 19.1 Å². The Morgan fingerprint density at radius 1 is 1.06 bits per heavy atom. The van der Waals surface area contributed by atoms with E-state index in [4.69, 9.17) is 4.74 Å². The summed E-state index contributed by atoms with van der Waals surface area (Å²) < 4.78 is 32.5. The van der Waals surface area contributed by atoms with Crippen molar-refractivity contribution in [3.05, 3.63) is 23.5 Å². The van der Waals surface area contributed by atoms with Gasteiger partial charge in [0.05, 0.1) is 6.61 Å². The van der Waals surface area contributed by atoms with Crippen molar-refractivity contribution in [2.45, 2.75) is 58.3 Å². The Balaban J connectivity index is 2.49. The summed E-state index contributed by atoms with van der Waals surface area (Å²) in [6.07, 6.45) is 5.07. The smallest absolute Gasteiger partial charge is 0.192 e. The summed E-state index contributed by atoms with van der Waals surface area (Å²) in [5, 5.41) is 0. The fraction of sp³-hybridized carbons (Fsp3) is 0.714. The molecule has 0 spiro atoms. The van der Waals surface area contributed by atoms with Crippen LogP contribution in [0.25, 0.3) is 0 Å². The van der Waals surface area contributed by atoms with Gasteiger partial charge in [-0.1, -0.05) is 32.3 Å². The summed E-state index contributed by atoms with van der Waals surface area (Å²) >= 11 is 0. The molecule has 0 bridgehead atoms. The van der Waals surface area contributed by atoms with Crippen LogP contribution in [0.3, 0.4) is 0 Å². The van der Waals surface area contributed by atoms with E-state index in [0.29, 0.717) is 18.6 Å². The molecule has 17 heavy (non-hydrogen) atoms. The van der Waals surface area contributed by atoms with Gasteiger partial charge in [-0.2, -0.15) is 0 Å². The van der Waals surface area contributed by atoms with Gasteiger partial charge < -0.3 is 4.74 Å². The number of rotatable bonds is 7. The maximum Gasteiger partial charge on any atom is 0.192 e. The summed E-state index contributed by atoms with van der Waals surface area (Å²) in [6, 6.07) is 0. The SMILES string of the molecule is CCCCCCC1=CC=C(OCC)C(F)C1F. The maximum atomic E-state index is 13.8. The third kappa shape index (κ3) is 4.14. The molecular weight excluding hydrogens is 222 g/mol. The first-order valence-corrected chi connectivity index (χ1v) is 6.52. The highest BCUT2D eigenvalue weighted by atomic mass is 19.2. The largest absolute Gasteiger partial charge is 0.495 e. The van der Waals surface area contributed by atoms with Gasteiger partial charge in [-0.05, 0) is 31.4 Å². The number of hydrogen-bond donors (Lipinski definition) is 0. The Hall–Kier alpha value is -0.860. The van der Waals surface area contributed by atoms with Crippen LogP contribution < -0.4 is 0 Å². The first kappa shape index (κ1) is 14.2. The molecule has 1 aliphatic carbocycles. The first-order valence-electron chi connectivity index (χ1n) is 6.52. The molecule has 98 valence electrons. The van der Waals surface area contributed by atoms with Crippen molar-refractivity contribution in [2.75, 3.05) is 6.61 Å². The normalized spacial score (nSPS) is 24.2. The van der Waals surface area contributed by atoms with Gasteiger partial charge in [0.2, 0.25) is 0 Å². The fourth-order valence-corrected chi connectivity index (χ4v) is 1.98.